The number of hydrogen-bond donors (Lipinski definition) is 7. The van der Waals surface area contributed by atoms with Gasteiger partial charge in [0.2, 0.25) is 5.78 Å². The molecule has 12 heteroatoms. The molecule has 8 N–H and O–H groups in total. The smallest absolute Gasteiger partial charge is 0.255 e. The van der Waals surface area contributed by atoms with Gasteiger partial charge in [-0.05, 0) is 58.0 Å². The van der Waals surface area contributed by atoms with Crippen LogP contribution in [0.5, 0.6) is 5.75 Å². The predicted molar refractivity (Wildman–Crippen MR) is 149 cm³/mol. The molecule has 3 aliphatic carbocycles. The quantitative estimate of drug-likeness (QED) is 0.182. The van der Waals surface area contributed by atoms with Crippen molar-refractivity contribution in [1.82, 2.24) is 9.80 Å². The van der Waals surface area contributed by atoms with E-state index in [1.54, 1.807) is 12.1 Å². The molecule has 1 aromatic carbocycles. The highest BCUT2D eigenvalue weighted by molar-refractivity contribution is 6.24. The van der Waals surface area contributed by atoms with E-state index in [9.17, 15) is 39.9 Å². The largest absolute Gasteiger partial charge is 0.508 e. The fraction of sp³-hybridized carbons (Fsp3) is 0.552. The average molecular weight is 571 g/mol. The van der Waals surface area contributed by atoms with Crippen molar-refractivity contribution in [2.75, 3.05) is 39.0 Å². The Balaban J connectivity index is 1.57. The molecule has 2 fully saturated rings. The SMILES string of the molecule is CCCN1CCC(Nc2ccc3c(c2O)C(O)=C2C(=O)[C@@]4(O)C(O)=C(C(N)=O)C(=O)[C@H](N(C)C)[C@H]4[C@H](O)[C@H]2C3)CC1. The molecule has 0 bridgehead atoms. The maximum absolute atomic E-state index is 14.0. The van der Waals surface area contributed by atoms with E-state index < -0.39 is 69.7 Å². The number of carbonyl (C=O) groups excluding carboxylic acids is 3. The molecule has 1 heterocycles. The third-order valence-electron chi connectivity index (χ3n) is 9.16. The van der Waals surface area contributed by atoms with Gasteiger partial charge in [-0.1, -0.05) is 13.0 Å². The van der Waals surface area contributed by atoms with Crippen LogP contribution >= 0.6 is 0 Å². The van der Waals surface area contributed by atoms with Crippen LogP contribution in [-0.4, -0.2) is 110 Å². The lowest BCUT2D eigenvalue weighted by Gasteiger charge is -2.52. The van der Waals surface area contributed by atoms with Gasteiger partial charge in [0.25, 0.3) is 5.91 Å². The van der Waals surface area contributed by atoms with Gasteiger partial charge in [0.1, 0.15) is 22.8 Å². The molecule has 41 heavy (non-hydrogen) atoms. The van der Waals surface area contributed by atoms with Gasteiger partial charge >= 0.3 is 0 Å². The van der Waals surface area contributed by atoms with E-state index in [-0.39, 0.29) is 23.8 Å². The maximum atomic E-state index is 14.0. The molecule has 5 rings (SSSR count). The van der Waals surface area contributed by atoms with E-state index in [1.807, 2.05) is 0 Å². The molecule has 222 valence electrons. The molecule has 1 amide bonds. The van der Waals surface area contributed by atoms with Crippen LogP contribution in [0.4, 0.5) is 5.69 Å². The number of carbonyl (C=O) groups is 3. The third kappa shape index (κ3) is 4.32. The summed E-state index contributed by atoms with van der Waals surface area (Å²) in [6.45, 7) is 5.00. The number of primary amides is 1. The Morgan fingerprint density at radius 2 is 1.83 bits per heavy atom. The molecule has 0 aromatic heterocycles. The van der Waals surface area contributed by atoms with Crippen LogP contribution in [0, 0.1) is 11.8 Å². The number of nitrogens with two attached hydrogens (primary N) is 1. The third-order valence-corrected chi connectivity index (χ3v) is 9.16. The number of phenols is 1. The highest BCUT2D eigenvalue weighted by atomic mass is 16.4. The summed E-state index contributed by atoms with van der Waals surface area (Å²) in [4.78, 5) is 43.0. The normalized spacial score (nSPS) is 30.8. The number of phenolic OH excluding ortho intramolecular Hbond substituents is 1. The van der Waals surface area contributed by atoms with Crippen molar-refractivity contribution in [2.45, 2.75) is 56.4 Å². The van der Waals surface area contributed by atoms with Crippen molar-refractivity contribution in [3.8, 4) is 5.75 Å². The number of nitrogens with zero attached hydrogens (tertiary/aromatic N) is 2. The van der Waals surface area contributed by atoms with Gasteiger partial charge in [0.15, 0.2) is 11.4 Å². The van der Waals surface area contributed by atoms with Crippen LogP contribution in [0.3, 0.4) is 0 Å². The predicted octanol–water partition coefficient (Wildman–Crippen LogP) is 0.221. The van der Waals surface area contributed by atoms with E-state index >= 15 is 0 Å². The topological polar surface area (TPSA) is 197 Å². The first-order chi connectivity index (χ1) is 19.3. The molecular formula is C29H38N4O8. The summed E-state index contributed by atoms with van der Waals surface area (Å²) < 4.78 is 0. The lowest BCUT2D eigenvalue weighted by Crippen LogP contribution is -2.70. The Kier molecular flexibility index (Phi) is 7.39. The molecule has 1 saturated heterocycles. The summed E-state index contributed by atoms with van der Waals surface area (Å²) in [6, 6.07) is 2.12. The van der Waals surface area contributed by atoms with Crippen LogP contribution in [0.2, 0.25) is 0 Å². The fourth-order valence-corrected chi connectivity index (χ4v) is 7.18. The molecular weight excluding hydrogens is 532 g/mol. The monoisotopic (exact) mass is 570 g/mol. The second kappa shape index (κ2) is 10.4. The summed E-state index contributed by atoms with van der Waals surface area (Å²) in [5, 5.41) is 60.2. The van der Waals surface area contributed by atoms with Gasteiger partial charge in [0, 0.05) is 30.6 Å². The van der Waals surface area contributed by atoms with Crippen LogP contribution < -0.4 is 11.1 Å². The van der Waals surface area contributed by atoms with Crippen molar-refractivity contribution in [3.63, 3.8) is 0 Å². The first kappa shape index (κ1) is 29.1. The Morgan fingerprint density at radius 3 is 2.41 bits per heavy atom. The minimum Gasteiger partial charge on any atom is -0.508 e. The molecule has 0 unspecified atom stereocenters. The number of aliphatic hydroxyl groups excluding tert-OH is 3. The number of likely N-dealkylation sites (N-methyl/N-ethyl adjacent to an activating group) is 1. The number of rotatable bonds is 6. The van der Waals surface area contributed by atoms with Gasteiger partial charge in [-0.15, -0.1) is 0 Å². The van der Waals surface area contributed by atoms with E-state index in [2.05, 4.69) is 17.1 Å². The number of fused-ring (bicyclic) bond motifs is 3. The number of aliphatic hydroxyl groups is 4. The van der Waals surface area contributed by atoms with Crippen molar-refractivity contribution < 1.29 is 39.9 Å². The zero-order chi connectivity index (χ0) is 30.0. The number of ketones is 2. The lowest BCUT2D eigenvalue weighted by atomic mass is 9.56. The summed E-state index contributed by atoms with van der Waals surface area (Å²) >= 11 is 0. The van der Waals surface area contributed by atoms with Crippen molar-refractivity contribution >= 4 is 28.9 Å². The van der Waals surface area contributed by atoms with Gasteiger partial charge in [-0.2, -0.15) is 0 Å². The number of likely N-dealkylation sites (tertiary alicyclic amines) is 1. The molecule has 0 radical (unpaired) electrons. The molecule has 5 atom stereocenters. The number of benzene rings is 1. The number of hydrogen-bond acceptors (Lipinski definition) is 11. The first-order valence-electron chi connectivity index (χ1n) is 14.0. The fourth-order valence-electron chi connectivity index (χ4n) is 7.18. The van der Waals surface area contributed by atoms with Crippen molar-refractivity contribution in [1.29, 1.82) is 0 Å². The van der Waals surface area contributed by atoms with Crippen LogP contribution in [-0.2, 0) is 20.8 Å². The van der Waals surface area contributed by atoms with Crippen molar-refractivity contribution in [2.24, 2.45) is 17.6 Å². The minimum atomic E-state index is -2.91. The highest BCUT2D eigenvalue weighted by Gasteiger charge is 2.67. The van der Waals surface area contributed by atoms with E-state index in [0.717, 1.165) is 38.9 Å². The second-order valence-electron chi connectivity index (χ2n) is 11.8. The molecule has 1 aromatic rings. The van der Waals surface area contributed by atoms with Gasteiger partial charge in [-0.25, -0.2) is 0 Å². The van der Waals surface area contributed by atoms with Crippen LogP contribution in [0.1, 0.15) is 37.3 Å². The minimum absolute atomic E-state index is 0.0121. The lowest BCUT2D eigenvalue weighted by molar-refractivity contribution is -0.168. The van der Waals surface area contributed by atoms with Crippen molar-refractivity contribution in [3.05, 3.63) is 40.2 Å². The zero-order valence-electron chi connectivity index (χ0n) is 23.4. The highest BCUT2D eigenvalue weighted by Crippen LogP contribution is 2.53. The summed E-state index contributed by atoms with van der Waals surface area (Å²) in [7, 11) is 2.95. The molecule has 1 aliphatic heterocycles. The van der Waals surface area contributed by atoms with Crippen LogP contribution in [0.25, 0.3) is 5.76 Å². The molecule has 0 spiro atoms. The second-order valence-corrected chi connectivity index (χ2v) is 11.8. The van der Waals surface area contributed by atoms with Gasteiger partial charge in [0.05, 0.1) is 29.3 Å². The molecule has 12 nitrogen and oxygen atoms in total. The number of anilines is 1. The Hall–Kier alpha value is -3.45. The van der Waals surface area contributed by atoms with E-state index in [1.165, 1.54) is 19.0 Å². The van der Waals surface area contributed by atoms with E-state index in [4.69, 9.17) is 5.73 Å². The standard InChI is InChI=1S/C29H38N4O8/c1-4-9-33-10-7-14(8-11-33)31-16-6-5-13-12-15-18(24(36)17(13)23(16)35)26(38)29(41)20(22(15)34)21(32(2)3)25(37)19(27(29)39)28(30)40/h5-6,14-15,20-22,31,34-36,39,41H,4,7-12H2,1-3H3,(H2,30,40)/t15-,20-,21+,22+,29+/m0/s1. The number of piperidine rings is 1. The first-order valence-corrected chi connectivity index (χ1v) is 14.0. The maximum Gasteiger partial charge on any atom is 0.255 e. The molecule has 1 saturated carbocycles. The summed E-state index contributed by atoms with van der Waals surface area (Å²) in [6.07, 6.45) is 1.23. The number of nitrogens with one attached hydrogen (secondary N) is 1. The van der Waals surface area contributed by atoms with Crippen LogP contribution in [0.15, 0.2) is 29.0 Å². The Labute approximate surface area is 237 Å². The van der Waals surface area contributed by atoms with Gasteiger partial charge in [-0.3, -0.25) is 19.3 Å². The number of aromatic hydroxyl groups is 1. The Bertz CT molecular complexity index is 1360. The number of Topliss-reactive ketones (excluding diaryl/α,β-unsaturated/α-hetero) is 2. The summed E-state index contributed by atoms with van der Waals surface area (Å²) in [5.41, 5.74) is 1.93. The Morgan fingerprint density at radius 1 is 1.17 bits per heavy atom. The van der Waals surface area contributed by atoms with Gasteiger partial charge < -0.3 is 41.5 Å². The average Bonchev–Trinajstić information content (AvgIpc) is 2.91. The summed E-state index contributed by atoms with van der Waals surface area (Å²) in [5.74, 6) is -8.21. The molecule has 4 aliphatic rings. The number of amides is 1. The zero-order valence-corrected chi connectivity index (χ0v) is 23.4. The van der Waals surface area contributed by atoms with E-state index in [0.29, 0.717) is 11.3 Å².